The molecule has 1 fully saturated rings. The summed E-state index contributed by atoms with van der Waals surface area (Å²) >= 11 is 0. The Morgan fingerprint density at radius 1 is 1.48 bits per heavy atom. The lowest BCUT2D eigenvalue weighted by atomic mass is 10.2. The first kappa shape index (κ1) is 17.9. The number of carbonyl (C=O) groups excluding carboxylic acids is 1. The molecule has 6 nitrogen and oxygen atoms in total. The number of likely N-dealkylation sites (tertiary alicyclic amines) is 1. The number of rotatable bonds is 5. The van der Waals surface area contributed by atoms with E-state index in [0.717, 1.165) is 37.4 Å². The van der Waals surface area contributed by atoms with Crippen LogP contribution in [0.2, 0.25) is 0 Å². The van der Waals surface area contributed by atoms with E-state index in [1.165, 1.54) is 5.56 Å². The maximum atomic E-state index is 11.6. The van der Waals surface area contributed by atoms with Crippen molar-refractivity contribution >= 4 is 18.4 Å². The zero-order valence-corrected chi connectivity index (χ0v) is 13.8. The minimum atomic E-state index is -0.243. The summed E-state index contributed by atoms with van der Waals surface area (Å²) in [7, 11) is 0. The Hall–Kier alpha value is -1.11. The van der Waals surface area contributed by atoms with E-state index in [4.69, 9.17) is 10.5 Å². The number of halogens is 1. The van der Waals surface area contributed by atoms with Gasteiger partial charge in [-0.2, -0.15) is 5.10 Å². The molecule has 0 spiro atoms. The summed E-state index contributed by atoms with van der Waals surface area (Å²) in [6.45, 7) is 9.20. The first-order valence-corrected chi connectivity index (χ1v) is 7.17. The normalized spacial score (nSPS) is 18.6. The number of ether oxygens (including phenoxy) is 1. The predicted molar refractivity (Wildman–Crippen MR) is 83.5 cm³/mol. The van der Waals surface area contributed by atoms with E-state index in [1.807, 2.05) is 13.8 Å². The third-order valence-electron chi connectivity index (χ3n) is 3.81. The van der Waals surface area contributed by atoms with E-state index in [1.54, 1.807) is 11.6 Å². The van der Waals surface area contributed by atoms with Crippen LogP contribution in [0, 0.1) is 13.8 Å². The highest BCUT2D eigenvalue weighted by Crippen LogP contribution is 2.18. The van der Waals surface area contributed by atoms with Crippen molar-refractivity contribution in [3.63, 3.8) is 0 Å². The zero-order chi connectivity index (χ0) is 14.7. The average molecular weight is 317 g/mol. The molecule has 1 aliphatic rings. The van der Waals surface area contributed by atoms with Gasteiger partial charge in [0, 0.05) is 36.9 Å². The van der Waals surface area contributed by atoms with Crippen LogP contribution in [0.15, 0.2) is 0 Å². The van der Waals surface area contributed by atoms with Crippen molar-refractivity contribution in [3.05, 3.63) is 17.0 Å². The molecule has 0 aromatic carbocycles. The van der Waals surface area contributed by atoms with Gasteiger partial charge in [0.05, 0.1) is 12.3 Å². The van der Waals surface area contributed by atoms with Crippen LogP contribution in [0.3, 0.4) is 0 Å². The lowest BCUT2D eigenvalue weighted by Crippen LogP contribution is -2.26. The number of hydrogen-bond donors (Lipinski definition) is 1. The maximum Gasteiger partial charge on any atom is 0.327 e. The molecule has 2 heterocycles. The fourth-order valence-corrected chi connectivity index (χ4v) is 2.68. The molecular formula is C14H25ClN4O2. The molecule has 7 heteroatoms. The summed E-state index contributed by atoms with van der Waals surface area (Å²) in [5, 5.41) is 4.45. The van der Waals surface area contributed by atoms with Crippen molar-refractivity contribution in [2.75, 3.05) is 19.7 Å². The lowest BCUT2D eigenvalue weighted by molar-refractivity contribution is -0.144. The summed E-state index contributed by atoms with van der Waals surface area (Å²) in [4.78, 5) is 13.9. The third-order valence-corrected chi connectivity index (χ3v) is 3.81. The molecule has 1 aliphatic heterocycles. The van der Waals surface area contributed by atoms with E-state index < -0.39 is 0 Å². The number of aromatic nitrogens is 2. The smallest absolute Gasteiger partial charge is 0.327 e. The van der Waals surface area contributed by atoms with Gasteiger partial charge in [-0.25, -0.2) is 0 Å². The van der Waals surface area contributed by atoms with Crippen LogP contribution < -0.4 is 5.73 Å². The van der Waals surface area contributed by atoms with Crippen LogP contribution >= 0.6 is 12.4 Å². The standard InChI is InChI=1S/C14H24N4O2.ClH/c1-4-20-14(19)9-18-11(3)13(10(2)16-18)8-17-6-5-12(15)7-17;/h12H,4-9,15H2,1-3H3;1H/t12-;/m1./s1. The Morgan fingerprint density at radius 2 is 2.19 bits per heavy atom. The number of carbonyl (C=O) groups is 1. The van der Waals surface area contributed by atoms with Crippen molar-refractivity contribution in [1.82, 2.24) is 14.7 Å². The molecule has 0 bridgehead atoms. The van der Waals surface area contributed by atoms with Crippen molar-refractivity contribution in [2.24, 2.45) is 5.73 Å². The van der Waals surface area contributed by atoms with Crippen LogP contribution in [0.5, 0.6) is 0 Å². The van der Waals surface area contributed by atoms with Crippen molar-refractivity contribution in [2.45, 2.75) is 46.3 Å². The fraction of sp³-hybridized carbons (Fsp3) is 0.714. The Labute approximate surface area is 132 Å². The van der Waals surface area contributed by atoms with E-state index in [0.29, 0.717) is 6.61 Å². The molecule has 21 heavy (non-hydrogen) atoms. The highest BCUT2D eigenvalue weighted by atomic mass is 35.5. The molecule has 0 amide bonds. The maximum absolute atomic E-state index is 11.6. The molecule has 2 N–H and O–H groups in total. The van der Waals surface area contributed by atoms with E-state index in [2.05, 4.69) is 10.00 Å². The average Bonchev–Trinajstić information content (AvgIpc) is 2.89. The third kappa shape index (κ3) is 4.43. The first-order valence-electron chi connectivity index (χ1n) is 7.17. The zero-order valence-electron chi connectivity index (χ0n) is 13.0. The van der Waals surface area contributed by atoms with Gasteiger partial charge in [0.1, 0.15) is 6.54 Å². The molecule has 1 aromatic heterocycles. The van der Waals surface area contributed by atoms with Crippen LogP contribution in [-0.4, -0.2) is 46.4 Å². The van der Waals surface area contributed by atoms with E-state index in [-0.39, 0.29) is 31.0 Å². The summed E-state index contributed by atoms with van der Waals surface area (Å²) in [5.41, 5.74) is 9.15. The second-order valence-corrected chi connectivity index (χ2v) is 5.40. The molecule has 1 atom stereocenters. The monoisotopic (exact) mass is 316 g/mol. The molecule has 0 aliphatic carbocycles. The Kier molecular flexibility index (Phi) is 6.64. The minimum absolute atomic E-state index is 0. The van der Waals surface area contributed by atoms with Gasteiger partial charge in [0.2, 0.25) is 0 Å². The van der Waals surface area contributed by atoms with Gasteiger partial charge >= 0.3 is 5.97 Å². The van der Waals surface area contributed by atoms with Gasteiger partial charge in [-0.3, -0.25) is 14.4 Å². The van der Waals surface area contributed by atoms with Gasteiger partial charge in [-0.1, -0.05) is 0 Å². The van der Waals surface area contributed by atoms with Gasteiger partial charge < -0.3 is 10.5 Å². The second-order valence-electron chi connectivity index (χ2n) is 5.40. The largest absolute Gasteiger partial charge is 0.465 e. The molecule has 1 saturated heterocycles. The van der Waals surface area contributed by atoms with Crippen molar-refractivity contribution in [1.29, 1.82) is 0 Å². The number of nitrogens with zero attached hydrogens (tertiary/aromatic N) is 3. The molecule has 120 valence electrons. The van der Waals surface area contributed by atoms with Crippen molar-refractivity contribution < 1.29 is 9.53 Å². The SMILES string of the molecule is CCOC(=O)Cn1nc(C)c(CN2CC[C@@H](N)C2)c1C.Cl. The molecule has 2 rings (SSSR count). The Bertz CT molecular complexity index is 490. The van der Waals surface area contributed by atoms with E-state index in [9.17, 15) is 4.79 Å². The number of hydrogen-bond acceptors (Lipinski definition) is 5. The minimum Gasteiger partial charge on any atom is -0.465 e. The Balaban J connectivity index is 0.00000220. The topological polar surface area (TPSA) is 73.4 Å². The van der Waals surface area contributed by atoms with Crippen LogP contribution in [-0.2, 0) is 22.6 Å². The summed E-state index contributed by atoms with van der Waals surface area (Å²) in [5.74, 6) is -0.243. The van der Waals surface area contributed by atoms with Crippen LogP contribution in [0.1, 0.15) is 30.3 Å². The number of aryl methyl sites for hydroxylation is 1. The quantitative estimate of drug-likeness (QED) is 0.821. The predicted octanol–water partition coefficient (Wildman–Crippen LogP) is 1.02. The number of nitrogens with two attached hydrogens (primary N) is 1. The molecule has 0 radical (unpaired) electrons. The Morgan fingerprint density at radius 3 is 2.76 bits per heavy atom. The highest BCUT2D eigenvalue weighted by Gasteiger charge is 2.22. The summed E-state index contributed by atoms with van der Waals surface area (Å²) in [6.07, 6.45) is 1.05. The van der Waals surface area contributed by atoms with Crippen molar-refractivity contribution in [3.8, 4) is 0 Å². The summed E-state index contributed by atoms with van der Waals surface area (Å²) < 4.78 is 6.71. The summed E-state index contributed by atoms with van der Waals surface area (Å²) in [6, 6.07) is 0.283. The fourth-order valence-electron chi connectivity index (χ4n) is 2.68. The number of esters is 1. The van der Waals surface area contributed by atoms with E-state index >= 15 is 0 Å². The lowest BCUT2D eigenvalue weighted by Gasteiger charge is -2.15. The highest BCUT2D eigenvalue weighted by molar-refractivity contribution is 5.85. The van der Waals surface area contributed by atoms with Gasteiger partial charge in [-0.05, 0) is 27.2 Å². The second kappa shape index (κ2) is 7.77. The van der Waals surface area contributed by atoms with Gasteiger partial charge in [0.15, 0.2) is 0 Å². The molecule has 0 unspecified atom stereocenters. The van der Waals surface area contributed by atoms with Crippen LogP contribution in [0.25, 0.3) is 0 Å². The van der Waals surface area contributed by atoms with Gasteiger partial charge in [-0.15, -0.1) is 12.4 Å². The first-order chi connectivity index (χ1) is 9.51. The van der Waals surface area contributed by atoms with Crippen LogP contribution in [0.4, 0.5) is 0 Å². The molecule has 1 aromatic rings. The molecular weight excluding hydrogens is 292 g/mol. The molecule has 0 saturated carbocycles. The van der Waals surface area contributed by atoms with Gasteiger partial charge in [0.25, 0.3) is 0 Å².